The molecule has 1 aromatic heterocycles. The summed E-state index contributed by atoms with van der Waals surface area (Å²) in [6, 6.07) is 7.49. The minimum Gasteiger partial charge on any atom is -0.479 e. The summed E-state index contributed by atoms with van der Waals surface area (Å²) < 4.78 is 7.13. The zero-order valence-corrected chi connectivity index (χ0v) is 19.8. The lowest BCUT2D eigenvalue weighted by atomic mass is 10.2. The molecule has 0 aliphatic rings. The number of carboxylic acid groups (broad SMARTS) is 1. The topological polar surface area (TPSA) is 137 Å². The number of fused-ring (bicyclic) bond motifs is 1. The Morgan fingerprint density at radius 2 is 2.15 bits per heavy atom. The van der Waals surface area contributed by atoms with E-state index in [1.54, 1.807) is 18.2 Å². The van der Waals surface area contributed by atoms with E-state index in [0.717, 1.165) is 17.0 Å². The molecule has 0 saturated carbocycles. The van der Waals surface area contributed by atoms with Gasteiger partial charge in [0.1, 0.15) is 5.82 Å². The van der Waals surface area contributed by atoms with E-state index in [4.69, 9.17) is 21.4 Å². The normalized spacial score (nSPS) is 12.2. The molecule has 1 heterocycles. The van der Waals surface area contributed by atoms with Crippen LogP contribution in [0.5, 0.6) is 5.75 Å². The van der Waals surface area contributed by atoms with Crippen molar-refractivity contribution in [3.8, 4) is 5.75 Å². The molecule has 12 heteroatoms. The van der Waals surface area contributed by atoms with E-state index in [-0.39, 0.29) is 16.3 Å². The van der Waals surface area contributed by atoms with Crippen LogP contribution in [0, 0.1) is 10.1 Å². The molecule has 0 spiro atoms. The summed E-state index contributed by atoms with van der Waals surface area (Å²) in [6.07, 6.45) is 0.926. The van der Waals surface area contributed by atoms with Crippen LogP contribution in [-0.4, -0.2) is 38.0 Å². The van der Waals surface area contributed by atoms with E-state index in [0.29, 0.717) is 34.0 Å². The van der Waals surface area contributed by atoms with Crippen LogP contribution in [0.3, 0.4) is 0 Å². The fourth-order valence-corrected chi connectivity index (χ4v) is 3.59. The van der Waals surface area contributed by atoms with Crippen LogP contribution in [0.4, 0.5) is 5.69 Å². The van der Waals surface area contributed by atoms with Gasteiger partial charge in [-0.1, -0.05) is 34.5 Å². The number of nitro benzene ring substituents is 1. The van der Waals surface area contributed by atoms with Crippen LogP contribution in [0.25, 0.3) is 10.9 Å². The molecule has 1 N–H and O–H groups in total. The molecule has 0 radical (unpaired) electrons. The Kier molecular flexibility index (Phi) is 7.44. The lowest BCUT2D eigenvalue weighted by molar-refractivity contribution is -0.386. The number of halogens is 2. The van der Waals surface area contributed by atoms with Crippen molar-refractivity contribution in [2.45, 2.75) is 32.8 Å². The summed E-state index contributed by atoms with van der Waals surface area (Å²) in [6.45, 7) is 3.15. The van der Waals surface area contributed by atoms with E-state index in [1.807, 2.05) is 6.92 Å². The Labute approximate surface area is 200 Å². The quantitative estimate of drug-likeness (QED) is 0.255. The Morgan fingerprint density at radius 3 is 2.79 bits per heavy atom. The first kappa shape index (κ1) is 24.3. The van der Waals surface area contributed by atoms with Gasteiger partial charge in [-0.15, -0.1) is 0 Å². The van der Waals surface area contributed by atoms with Crippen LogP contribution in [-0.2, 0) is 11.2 Å². The maximum Gasteiger partial charge on any atom is 0.344 e. The number of hydrogen-bond acceptors (Lipinski definition) is 7. The molecule has 0 amide bonds. The maximum absolute atomic E-state index is 13.1. The molecule has 2 aromatic carbocycles. The monoisotopic (exact) mass is 536 g/mol. The zero-order chi connectivity index (χ0) is 24.3. The molecule has 10 nitrogen and oxygen atoms in total. The van der Waals surface area contributed by atoms with Crippen molar-refractivity contribution in [2.75, 3.05) is 0 Å². The first-order valence-corrected chi connectivity index (χ1v) is 10.9. The number of carbonyl (C=O) groups is 1. The summed E-state index contributed by atoms with van der Waals surface area (Å²) in [5.74, 6) is -1.25. The third-order valence-corrected chi connectivity index (χ3v) is 5.27. The largest absolute Gasteiger partial charge is 0.479 e. The summed E-state index contributed by atoms with van der Waals surface area (Å²) in [4.78, 5) is 39.7. The smallest absolute Gasteiger partial charge is 0.344 e. The average molecular weight is 538 g/mol. The lowest BCUT2D eigenvalue weighted by Crippen LogP contribution is -2.24. The number of nitro groups is 1. The average Bonchev–Trinajstić information content (AvgIpc) is 2.75. The van der Waals surface area contributed by atoms with Crippen molar-refractivity contribution >= 4 is 56.3 Å². The van der Waals surface area contributed by atoms with Gasteiger partial charge in [0.2, 0.25) is 5.75 Å². The summed E-state index contributed by atoms with van der Waals surface area (Å²) in [5.41, 5.74) is -0.417. The SMILES string of the molecule is CCCc1nc2ccc(Br)cc2c(=O)n1N=Cc1cc(Cl)cc([N+](=O)[O-])c1O[C@@H](C)C(=O)O. The number of aryl methyl sites for hydroxylation is 1. The van der Waals surface area contributed by atoms with E-state index in [9.17, 15) is 19.7 Å². The fourth-order valence-electron chi connectivity index (χ4n) is 3.01. The number of benzene rings is 2. The number of hydrogen-bond donors (Lipinski definition) is 1. The van der Waals surface area contributed by atoms with Crippen LogP contribution in [0.2, 0.25) is 5.02 Å². The molecular weight excluding hydrogens is 520 g/mol. The van der Waals surface area contributed by atoms with Crippen molar-refractivity contribution in [2.24, 2.45) is 5.10 Å². The summed E-state index contributed by atoms with van der Waals surface area (Å²) in [7, 11) is 0. The highest BCUT2D eigenvalue weighted by atomic mass is 79.9. The van der Waals surface area contributed by atoms with Gasteiger partial charge in [0.15, 0.2) is 6.10 Å². The highest BCUT2D eigenvalue weighted by molar-refractivity contribution is 9.10. The second-order valence-electron chi connectivity index (χ2n) is 7.00. The molecule has 1 atom stereocenters. The second-order valence-corrected chi connectivity index (χ2v) is 8.35. The van der Waals surface area contributed by atoms with Crippen molar-refractivity contribution < 1.29 is 19.6 Å². The van der Waals surface area contributed by atoms with E-state index in [1.165, 1.54) is 13.0 Å². The molecule has 33 heavy (non-hydrogen) atoms. The number of carboxylic acids is 1. The van der Waals surface area contributed by atoms with Gasteiger partial charge < -0.3 is 9.84 Å². The predicted molar refractivity (Wildman–Crippen MR) is 127 cm³/mol. The molecule has 0 aliphatic heterocycles. The van der Waals surface area contributed by atoms with Crippen LogP contribution in [0.15, 0.2) is 44.7 Å². The van der Waals surface area contributed by atoms with Gasteiger partial charge in [0.05, 0.1) is 22.0 Å². The number of rotatable bonds is 8. The van der Waals surface area contributed by atoms with Crippen molar-refractivity contribution in [3.05, 3.63) is 71.7 Å². The van der Waals surface area contributed by atoms with Gasteiger partial charge in [0.25, 0.3) is 5.56 Å². The van der Waals surface area contributed by atoms with Gasteiger partial charge >= 0.3 is 11.7 Å². The summed E-state index contributed by atoms with van der Waals surface area (Å²) >= 11 is 9.36. The maximum atomic E-state index is 13.1. The number of nitrogens with zero attached hydrogens (tertiary/aromatic N) is 4. The highest BCUT2D eigenvalue weighted by Gasteiger charge is 2.25. The Hall–Kier alpha value is -3.31. The molecule has 0 saturated heterocycles. The third-order valence-electron chi connectivity index (χ3n) is 4.56. The third kappa shape index (κ3) is 5.37. The molecular formula is C21H18BrClN4O6. The van der Waals surface area contributed by atoms with E-state index in [2.05, 4.69) is 26.0 Å². The Balaban J connectivity index is 2.21. The minimum atomic E-state index is -1.38. The first-order chi connectivity index (χ1) is 15.6. The second kappa shape index (κ2) is 10.1. The van der Waals surface area contributed by atoms with Crippen LogP contribution >= 0.6 is 27.5 Å². The van der Waals surface area contributed by atoms with Gasteiger partial charge in [-0.3, -0.25) is 14.9 Å². The number of aromatic nitrogens is 2. The van der Waals surface area contributed by atoms with E-state index >= 15 is 0 Å². The Bertz CT molecular complexity index is 1340. The van der Waals surface area contributed by atoms with Crippen LogP contribution < -0.4 is 10.3 Å². The molecule has 172 valence electrons. The minimum absolute atomic E-state index is 0.0140. The van der Waals surface area contributed by atoms with Gasteiger partial charge in [0, 0.05) is 27.5 Å². The molecule has 0 bridgehead atoms. The number of ether oxygens (including phenoxy) is 1. The lowest BCUT2D eigenvalue weighted by Gasteiger charge is -2.13. The fraction of sp³-hybridized carbons (Fsp3) is 0.238. The van der Waals surface area contributed by atoms with Crippen molar-refractivity contribution in [1.82, 2.24) is 9.66 Å². The van der Waals surface area contributed by atoms with Gasteiger partial charge in [-0.25, -0.2) is 9.78 Å². The van der Waals surface area contributed by atoms with Gasteiger partial charge in [-0.2, -0.15) is 9.78 Å². The van der Waals surface area contributed by atoms with Gasteiger partial charge in [-0.05, 0) is 37.6 Å². The van der Waals surface area contributed by atoms with Crippen molar-refractivity contribution in [3.63, 3.8) is 0 Å². The Morgan fingerprint density at radius 1 is 1.42 bits per heavy atom. The first-order valence-electron chi connectivity index (χ1n) is 9.75. The zero-order valence-electron chi connectivity index (χ0n) is 17.5. The standard InChI is InChI=1S/C21H18BrClN4O6/c1-3-4-18-25-16-6-5-13(22)8-15(16)20(28)26(18)24-10-12-7-14(23)9-17(27(31)32)19(12)33-11(2)21(29)30/h5-11H,3-4H2,1-2H3,(H,29,30)/t11-/m0/s1. The van der Waals surface area contributed by atoms with E-state index < -0.39 is 28.2 Å². The molecule has 0 fully saturated rings. The van der Waals surface area contributed by atoms with Crippen LogP contribution in [0.1, 0.15) is 31.7 Å². The molecule has 0 aliphatic carbocycles. The molecule has 0 unspecified atom stereocenters. The van der Waals surface area contributed by atoms with Crippen molar-refractivity contribution in [1.29, 1.82) is 0 Å². The number of aliphatic carboxylic acids is 1. The highest BCUT2D eigenvalue weighted by Crippen LogP contribution is 2.34. The summed E-state index contributed by atoms with van der Waals surface area (Å²) in [5, 5.41) is 25.3. The molecule has 3 aromatic rings. The predicted octanol–water partition coefficient (Wildman–Crippen LogP) is 4.41. The molecule has 3 rings (SSSR count).